The van der Waals surface area contributed by atoms with Gasteiger partial charge in [0.25, 0.3) is 0 Å². The van der Waals surface area contributed by atoms with Crippen molar-refractivity contribution in [3.8, 4) is 0 Å². The second kappa shape index (κ2) is 10.3. The van der Waals surface area contributed by atoms with Crippen LogP contribution in [-0.4, -0.2) is 27.8 Å². The Labute approximate surface area is 175 Å². The van der Waals surface area contributed by atoms with E-state index in [-0.39, 0.29) is 11.2 Å². The van der Waals surface area contributed by atoms with E-state index in [1.165, 1.54) is 5.56 Å². The van der Waals surface area contributed by atoms with E-state index in [9.17, 15) is 4.79 Å². The molecule has 1 N–H and O–H groups in total. The molecule has 0 aliphatic carbocycles. The number of nitrogens with one attached hydrogen (secondary N) is 1. The molecule has 1 unspecified atom stereocenters. The van der Waals surface area contributed by atoms with E-state index in [1.54, 1.807) is 18.0 Å². The van der Waals surface area contributed by atoms with E-state index in [2.05, 4.69) is 27.0 Å². The van der Waals surface area contributed by atoms with Crippen molar-refractivity contribution in [2.24, 2.45) is 0 Å². The van der Waals surface area contributed by atoms with Crippen LogP contribution >= 0.6 is 23.4 Å². The minimum absolute atomic E-state index is 0.0576. The highest BCUT2D eigenvalue weighted by Gasteiger charge is 2.16. The van der Waals surface area contributed by atoms with Crippen LogP contribution in [0.15, 0.2) is 67.0 Å². The molecule has 0 aliphatic rings. The first-order valence-electron chi connectivity index (χ1n) is 9.30. The molecule has 0 saturated heterocycles. The molecule has 0 bridgehead atoms. The molecule has 146 valence electrons. The summed E-state index contributed by atoms with van der Waals surface area (Å²) in [5, 5.41) is 3.83. The average molecular weight is 414 g/mol. The molecule has 1 amide bonds. The molecule has 1 aromatic heterocycles. The lowest BCUT2D eigenvalue weighted by molar-refractivity contribution is -0.118. The maximum Gasteiger partial charge on any atom is 0.230 e. The minimum Gasteiger partial charge on any atom is -0.355 e. The molecule has 0 saturated carbocycles. The molecular weight excluding hydrogens is 390 g/mol. The summed E-state index contributed by atoms with van der Waals surface area (Å²) in [5.41, 5.74) is 2.32. The second-order valence-electron chi connectivity index (χ2n) is 6.52. The van der Waals surface area contributed by atoms with Crippen LogP contribution in [0.5, 0.6) is 0 Å². The van der Waals surface area contributed by atoms with Crippen molar-refractivity contribution in [2.45, 2.75) is 25.1 Å². The highest BCUT2D eigenvalue weighted by Crippen LogP contribution is 2.35. The van der Waals surface area contributed by atoms with Gasteiger partial charge in [0.15, 0.2) is 0 Å². The first-order chi connectivity index (χ1) is 13.6. The Morgan fingerprint density at radius 1 is 1.14 bits per heavy atom. The lowest BCUT2D eigenvalue weighted by Gasteiger charge is -2.18. The van der Waals surface area contributed by atoms with Gasteiger partial charge in [-0.05, 0) is 36.6 Å². The number of thioether (sulfide) groups is 1. The van der Waals surface area contributed by atoms with Crippen LogP contribution < -0.4 is 5.32 Å². The van der Waals surface area contributed by atoms with E-state index in [4.69, 9.17) is 11.6 Å². The lowest BCUT2D eigenvalue weighted by atomic mass is 10.0. The summed E-state index contributed by atoms with van der Waals surface area (Å²) in [5.74, 6) is 1.46. The molecule has 2 aromatic carbocycles. The summed E-state index contributed by atoms with van der Waals surface area (Å²) in [6.45, 7) is 3.50. The summed E-state index contributed by atoms with van der Waals surface area (Å²) >= 11 is 7.66. The van der Waals surface area contributed by atoms with Crippen molar-refractivity contribution in [1.29, 1.82) is 0 Å². The quantitative estimate of drug-likeness (QED) is 0.509. The number of halogens is 1. The molecular formula is C22H24ClN3OS. The van der Waals surface area contributed by atoms with Crippen LogP contribution in [0, 0.1) is 6.92 Å². The summed E-state index contributed by atoms with van der Waals surface area (Å²) in [4.78, 5) is 16.5. The van der Waals surface area contributed by atoms with Gasteiger partial charge in [-0.25, -0.2) is 4.98 Å². The highest BCUT2D eigenvalue weighted by molar-refractivity contribution is 8.00. The van der Waals surface area contributed by atoms with Gasteiger partial charge in [0.05, 0.1) is 11.0 Å². The molecule has 3 rings (SSSR count). The normalized spacial score (nSPS) is 11.9. The number of aryl methyl sites for hydroxylation is 2. The van der Waals surface area contributed by atoms with Crippen LogP contribution in [0.25, 0.3) is 0 Å². The average Bonchev–Trinajstić information content (AvgIpc) is 3.12. The minimum atomic E-state index is 0.0576. The van der Waals surface area contributed by atoms with Gasteiger partial charge in [0, 0.05) is 30.5 Å². The zero-order chi connectivity index (χ0) is 19.8. The predicted molar refractivity (Wildman–Crippen MR) is 117 cm³/mol. The number of carbonyl (C=O) groups is 1. The Hall–Kier alpha value is -2.24. The number of rotatable bonds is 9. The monoisotopic (exact) mass is 413 g/mol. The second-order valence-corrected chi connectivity index (χ2v) is 8.05. The van der Waals surface area contributed by atoms with Crippen molar-refractivity contribution in [1.82, 2.24) is 14.9 Å². The fraction of sp³-hybridized carbons (Fsp3) is 0.273. The third-order valence-corrected chi connectivity index (χ3v) is 6.04. The summed E-state index contributed by atoms with van der Waals surface area (Å²) in [6, 6.07) is 18.1. The first-order valence-corrected chi connectivity index (χ1v) is 10.7. The zero-order valence-electron chi connectivity index (χ0n) is 15.8. The van der Waals surface area contributed by atoms with E-state index in [0.717, 1.165) is 24.4 Å². The van der Waals surface area contributed by atoms with Gasteiger partial charge in [0.2, 0.25) is 5.91 Å². The fourth-order valence-electron chi connectivity index (χ4n) is 2.98. The Kier molecular flexibility index (Phi) is 7.57. The van der Waals surface area contributed by atoms with Crippen LogP contribution in [0.2, 0.25) is 5.02 Å². The Morgan fingerprint density at radius 2 is 1.86 bits per heavy atom. The first kappa shape index (κ1) is 20.5. The summed E-state index contributed by atoms with van der Waals surface area (Å²) < 4.78 is 2.09. The number of carbonyl (C=O) groups excluding carboxylic acids is 1. The number of nitrogens with zero attached hydrogens (tertiary/aromatic N) is 2. The van der Waals surface area contributed by atoms with Gasteiger partial charge in [-0.2, -0.15) is 0 Å². The van der Waals surface area contributed by atoms with Crippen molar-refractivity contribution in [2.75, 3.05) is 12.3 Å². The third kappa shape index (κ3) is 5.88. The van der Waals surface area contributed by atoms with Crippen LogP contribution in [0.1, 0.15) is 28.6 Å². The van der Waals surface area contributed by atoms with Gasteiger partial charge in [0.1, 0.15) is 5.82 Å². The van der Waals surface area contributed by atoms with Crippen LogP contribution in [-0.2, 0) is 11.3 Å². The summed E-state index contributed by atoms with van der Waals surface area (Å²) in [7, 11) is 0. The molecule has 3 aromatic rings. The fourth-order valence-corrected chi connectivity index (χ4v) is 4.22. The number of benzene rings is 2. The molecule has 0 aliphatic heterocycles. The smallest absolute Gasteiger partial charge is 0.230 e. The van der Waals surface area contributed by atoms with Gasteiger partial charge >= 0.3 is 0 Å². The number of aromatic nitrogens is 2. The lowest BCUT2D eigenvalue weighted by Crippen LogP contribution is -2.27. The molecule has 4 nitrogen and oxygen atoms in total. The van der Waals surface area contributed by atoms with Crippen molar-refractivity contribution >= 4 is 29.3 Å². The molecule has 0 spiro atoms. The van der Waals surface area contributed by atoms with Gasteiger partial charge in [-0.3, -0.25) is 4.79 Å². The molecule has 6 heteroatoms. The Balaban J connectivity index is 1.52. The predicted octanol–water partition coefficient (Wildman–Crippen LogP) is 4.87. The molecule has 28 heavy (non-hydrogen) atoms. The van der Waals surface area contributed by atoms with Crippen LogP contribution in [0.4, 0.5) is 0 Å². The Morgan fingerprint density at radius 3 is 2.54 bits per heavy atom. The number of amides is 1. The third-order valence-electron chi connectivity index (χ3n) is 4.48. The SMILES string of the molecule is Cc1nccn1CCCNC(=O)CSC(c1ccccc1)c1ccc(Cl)cc1. The standard InChI is InChI=1S/C22H24ClN3OS/c1-17-24-13-15-26(17)14-5-12-25-21(27)16-28-22(18-6-3-2-4-7-18)19-8-10-20(23)11-9-19/h2-4,6-11,13,15,22H,5,12,14,16H2,1H3,(H,25,27). The number of hydrogen-bond donors (Lipinski definition) is 1. The number of hydrogen-bond acceptors (Lipinski definition) is 3. The highest BCUT2D eigenvalue weighted by atomic mass is 35.5. The molecule has 1 atom stereocenters. The van der Waals surface area contributed by atoms with Gasteiger partial charge in [-0.1, -0.05) is 54.1 Å². The topological polar surface area (TPSA) is 46.9 Å². The maximum absolute atomic E-state index is 12.3. The maximum atomic E-state index is 12.3. The van der Waals surface area contributed by atoms with E-state index in [0.29, 0.717) is 17.3 Å². The molecule has 0 radical (unpaired) electrons. The van der Waals surface area contributed by atoms with E-state index < -0.39 is 0 Å². The number of imidazole rings is 1. The van der Waals surface area contributed by atoms with Gasteiger partial charge < -0.3 is 9.88 Å². The van der Waals surface area contributed by atoms with Crippen molar-refractivity contribution < 1.29 is 4.79 Å². The molecule has 0 fully saturated rings. The molecule has 1 heterocycles. The van der Waals surface area contributed by atoms with Crippen molar-refractivity contribution in [3.05, 3.63) is 89.0 Å². The zero-order valence-corrected chi connectivity index (χ0v) is 17.4. The summed E-state index contributed by atoms with van der Waals surface area (Å²) in [6.07, 6.45) is 4.64. The van der Waals surface area contributed by atoms with E-state index in [1.807, 2.05) is 55.6 Å². The largest absolute Gasteiger partial charge is 0.355 e. The Bertz CT molecular complexity index is 880. The van der Waals surface area contributed by atoms with E-state index >= 15 is 0 Å². The van der Waals surface area contributed by atoms with Crippen molar-refractivity contribution in [3.63, 3.8) is 0 Å². The van der Waals surface area contributed by atoms with Crippen LogP contribution in [0.3, 0.4) is 0 Å². The van der Waals surface area contributed by atoms with Gasteiger partial charge in [-0.15, -0.1) is 11.8 Å².